The molecule has 1 aliphatic rings. The minimum absolute atomic E-state index is 0.162. The number of rotatable bonds is 5. The second kappa shape index (κ2) is 9.51. The lowest BCUT2D eigenvalue weighted by Crippen LogP contribution is -2.50. The molecule has 1 fully saturated rings. The number of nitrogens with zero attached hydrogens (tertiary/aromatic N) is 5. The number of amides is 1. The van der Waals surface area contributed by atoms with E-state index in [4.69, 9.17) is 5.10 Å². The van der Waals surface area contributed by atoms with E-state index in [0.29, 0.717) is 13.1 Å². The fourth-order valence-corrected chi connectivity index (χ4v) is 4.90. The van der Waals surface area contributed by atoms with Crippen LogP contribution in [0.25, 0.3) is 5.82 Å². The number of aryl methyl sites for hydroxylation is 1. The quantitative estimate of drug-likeness (QED) is 0.452. The molecule has 172 valence electrons. The highest BCUT2D eigenvalue weighted by Crippen LogP contribution is 2.30. The third-order valence-corrected chi connectivity index (χ3v) is 6.54. The number of aromatic nitrogens is 3. The fraction of sp³-hybridized carbons (Fsp3) is 0.250. The third kappa shape index (κ3) is 4.19. The summed E-state index contributed by atoms with van der Waals surface area (Å²) in [7, 11) is 0. The number of pyridine rings is 1. The van der Waals surface area contributed by atoms with Crippen molar-refractivity contribution in [3.8, 4) is 5.82 Å². The summed E-state index contributed by atoms with van der Waals surface area (Å²) in [5.74, 6) is 0.690. The Labute approximate surface area is 200 Å². The van der Waals surface area contributed by atoms with Gasteiger partial charge in [0.25, 0.3) is 0 Å². The van der Waals surface area contributed by atoms with Crippen LogP contribution in [0.3, 0.4) is 0 Å². The molecule has 6 heteroatoms. The summed E-state index contributed by atoms with van der Waals surface area (Å²) < 4.78 is 1.91. The van der Waals surface area contributed by atoms with Gasteiger partial charge in [-0.1, -0.05) is 66.7 Å². The van der Waals surface area contributed by atoms with Crippen LogP contribution in [0.4, 0.5) is 5.69 Å². The summed E-state index contributed by atoms with van der Waals surface area (Å²) in [6.45, 7) is 7.04. The molecule has 1 saturated heterocycles. The Kier molecular flexibility index (Phi) is 6.12. The first-order valence-corrected chi connectivity index (χ1v) is 11.7. The van der Waals surface area contributed by atoms with Gasteiger partial charge in [0, 0.05) is 32.4 Å². The van der Waals surface area contributed by atoms with Crippen LogP contribution < -0.4 is 4.90 Å². The maximum Gasteiger partial charge on any atom is 0.234 e. The van der Waals surface area contributed by atoms with Crippen LogP contribution in [-0.4, -0.2) is 51.8 Å². The maximum absolute atomic E-state index is 13.7. The molecule has 0 unspecified atom stereocenters. The van der Waals surface area contributed by atoms with Crippen molar-refractivity contribution in [3.05, 3.63) is 108 Å². The van der Waals surface area contributed by atoms with E-state index in [2.05, 4.69) is 16.8 Å². The Hall–Kier alpha value is -3.93. The van der Waals surface area contributed by atoms with Crippen LogP contribution in [0, 0.1) is 13.8 Å². The van der Waals surface area contributed by atoms with Crippen molar-refractivity contribution in [2.45, 2.75) is 19.8 Å². The molecular weight excluding hydrogens is 422 g/mol. The number of benzene rings is 2. The Bertz CT molecular complexity index is 1210. The molecular formula is C28H29N5O. The Morgan fingerprint density at radius 3 is 1.94 bits per heavy atom. The molecule has 0 radical (unpaired) electrons. The number of hydrogen-bond acceptors (Lipinski definition) is 4. The largest absolute Gasteiger partial charge is 0.365 e. The van der Waals surface area contributed by atoms with Crippen molar-refractivity contribution in [2.24, 2.45) is 0 Å². The summed E-state index contributed by atoms with van der Waals surface area (Å²) in [5, 5.41) is 4.75. The van der Waals surface area contributed by atoms with Crippen molar-refractivity contribution in [1.29, 1.82) is 0 Å². The van der Waals surface area contributed by atoms with Crippen molar-refractivity contribution < 1.29 is 4.79 Å². The molecule has 6 nitrogen and oxygen atoms in total. The molecule has 4 aromatic rings. The molecule has 0 bridgehead atoms. The molecule has 2 aromatic carbocycles. The van der Waals surface area contributed by atoms with Gasteiger partial charge in [0.1, 0.15) is 0 Å². The molecule has 1 amide bonds. The lowest BCUT2D eigenvalue weighted by molar-refractivity contribution is -0.132. The highest BCUT2D eigenvalue weighted by atomic mass is 16.2. The van der Waals surface area contributed by atoms with Crippen LogP contribution in [0.2, 0.25) is 0 Å². The summed E-state index contributed by atoms with van der Waals surface area (Å²) in [4.78, 5) is 22.6. The van der Waals surface area contributed by atoms with Crippen molar-refractivity contribution in [3.63, 3.8) is 0 Å². The van der Waals surface area contributed by atoms with Gasteiger partial charge in [-0.15, -0.1) is 0 Å². The van der Waals surface area contributed by atoms with Crippen molar-refractivity contribution >= 4 is 11.6 Å². The summed E-state index contributed by atoms with van der Waals surface area (Å²) in [5.41, 5.74) is 5.26. The van der Waals surface area contributed by atoms with E-state index in [1.165, 1.54) is 0 Å². The minimum Gasteiger partial charge on any atom is -0.365 e. The van der Waals surface area contributed by atoms with E-state index in [1.54, 1.807) is 6.20 Å². The van der Waals surface area contributed by atoms with Crippen LogP contribution in [0.5, 0.6) is 0 Å². The first-order valence-electron chi connectivity index (χ1n) is 11.7. The van der Waals surface area contributed by atoms with Gasteiger partial charge < -0.3 is 9.80 Å². The second-order valence-corrected chi connectivity index (χ2v) is 8.69. The highest BCUT2D eigenvalue weighted by molar-refractivity contribution is 5.87. The lowest BCUT2D eigenvalue weighted by atomic mass is 9.90. The topological polar surface area (TPSA) is 54.3 Å². The lowest BCUT2D eigenvalue weighted by Gasteiger charge is -2.38. The Balaban J connectivity index is 1.35. The zero-order valence-corrected chi connectivity index (χ0v) is 19.6. The molecule has 34 heavy (non-hydrogen) atoms. The number of carbonyl (C=O) groups is 1. The van der Waals surface area contributed by atoms with E-state index in [-0.39, 0.29) is 11.8 Å². The average Bonchev–Trinajstić information content (AvgIpc) is 3.19. The number of anilines is 1. The Morgan fingerprint density at radius 1 is 0.794 bits per heavy atom. The van der Waals surface area contributed by atoms with E-state index in [9.17, 15) is 4.79 Å². The maximum atomic E-state index is 13.7. The first kappa shape index (κ1) is 21.9. The molecule has 0 N–H and O–H groups in total. The van der Waals surface area contributed by atoms with Crippen molar-refractivity contribution in [1.82, 2.24) is 19.7 Å². The Morgan fingerprint density at radius 2 is 1.38 bits per heavy atom. The predicted octanol–water partition coefficient (Wildman–Crippen LogP) is 4.36. The van der Waals surface area contributed by atoms with Crippen LogP contribution >= 0.6 is 0 Å². The van der Waals surface area contributed by atoms with Gasteiger partial charge in [0.2, 0.25) is 5.91 Å². The predicted molar refractivity (Wildman–Crippen MR) is 134 cm³/mol. The molecule has 5 rings (SSSR count). The van der Waals surface area contributed by atoms with E-state index in [1.807, 2.05) is 95.4 Å². The van der Waals surface area contributed by atoms with Gasteiger partial charge in [-0.3, -0.25) is 4.79 Å². The molecule has 0 spiro atoms. The molecule has 3 heterocycles. The zero-order chi connectivity index (χ0) is 23.5. The monoisotopic (exact) mass is 451 g/mol. The minimum atomic E-state index is -0.288. The number of piperazine rings is 1. The third-order valence-electron chi connectivity index (χ3n) is 6.54. The molecule has 2 aromatic heterocycles. The van der Waals surface area contributed by atoms with Crippen LogP contribution in [0.1, 0.15) is 28.4 Å². The van der Waals surface area contributed by atoms with Gasteiger partial charge in [-0.25, -0.2) is 9.67 Å². The molecule has 0 saturated carbocycles. The van der Waals surface area contributed by atoms with Gasteiger partial charge >= 0.3 is 0 Å². The van der Waals surface area contributed by atoms with Crippen LogP contribution in [0.15, 0.2) is 85.1 Å². The molecule has 1 aliphatic heterocycles. The first-order chi connectivity index (χ1) is 16.6. The standard InChI is InChI=1S/C28H29N5O/c1-21-27(22(2)33(30-21)25-15-9-10-16-29-25)31-17-19-32(20-18-31)28(34)26(23-11-5-3-6-12-23)24-13-7-4-8-14-24/h3-16,26H,17-20H2,1-2H3. The van der Waals surface area contributed by atoms with Gasteiger partial charge in [-0.05, 0) is 37.1 Å². The number of hydrogen-bond donors (Lipinski definition) is 0. The van der Waals surface area contributed by atoms with Gasteiger partial charge in [0.05, 0.1) is 23.0 Å². The molecule has 0 aliphatic carbocycles. The van der Waals surface area contributed by atoms with Gasteiger partial charge in [-0.2, -0.15) is 5.10 Å². The summed E-state index contributed by atoms with van der Waals surface area (Å²) >= 11 is 0. The van der Waals surface area contributed by atoms with E-state index in [0.717, 1.165) is 47.1 Å². The van der Waals surface area contributed by atoms with E-state index >= 15 is 0 Å². The van der Waals surface area contributed by atoms with Crippen molar-refractivity contribution in [2.75, 3.05) is 31.1 Å². The second-order valence-electron chi connectivity index (χ2n) is 8.69. The van der Waals surface area contributed by atoms with Crippen LogP contribution in [-0.2, 0) is 4.79 Å². The normalized spacial score (nSPS) is 14.0. The van der Waals surface area contributed by atoms with Gasteiger partial charge in [0.15, 0.2) is 5.82 Å². The summed E-state index contributed by atoms with van der Waals surface area (Å²) in [6.07, 6.45) is 1.78. The molecule has 0 atom stereocenters. The number of carbonyl (C=O) groups excluding carboxylic acids is 1. The average molecular weight is 452 g/mol. The zero-order valence-electron chi connectivity index (χ0n) is 19.6. The summed E-state index contributed by atoms with van der Waals surface area (Å²) in [6, 6.07) is 26.0. The SMILES string of the molecule is Cc1nn(-c2ccccn2)c(C)c1N1CCN(C(=O)C(c2ccccc2)c2ccccc2)CC1. The highest BCUT2D eigenvalue weighted by Gasteiger charge is 2.31. The fourth-order valence-electron chi connectivity index (χ4n) is 4.90. The van der Waals surface area contributed by atoms with E-state index < -0.39 is 0 Å². The smallest absolute Gasteiger partial charge is 0.234 e.